The van der Waals surface area contributed by atoms with Gasteiger partial charge in [-0.1, -0.05) is 0 Å². The third kappa shape index (κ3) is 4.47. The van der Waals surface area contributed by atoms with Crippen molar-refractivity contribution in [2.45, 2.75) is 18.4 Å². The predicted molar refractivity (Wildman–Crippen MR) is 76.6 cm³/mol. The molecule has 0 radical (unpaired) electrons. The topological polar surface area (TPSA) is 91.8 Å². The number of hydrogen-bond donors (Lipinski definition) is 1. The molecule has 1 rings (SSSR count). The number of aliphatic hydroxyl groups excluding tert-OH is 1. The van der Waals surface area contributed by atoms with Gasteiger partial charge in [0.1, 0.15) is 15.7 Å². The van der Waals surface area contributed by atoms with Crippen LogP contribution >= 0.6 is 0 Å². The van der Waals surface area contributed by atoms with E-state index in [0.29, 0.717) is 0 Å². The van der Waals surface area contributed by atoms with Crippen LogP contribution in [0.5, 0.6) is 0 Å². The van der Waals surface area contributed by atoms with E-state index in [1.54, 1.807) is 0 Å². The Bertz CT molecular complexity index is 728. The lowest BCUT2D eigenvalue weighted by molar-refractivity contribution is 0.280. The van der Waals surface area contributed by atoms with E-state index in [-0.39, 0.29) is 28.3 Å². The fourth-order valence-corrected chi connectivity index (χ4v) is 3.82. The number of nitrogens with zero attached hydrogens (tertiary/aromatic N) is 1. The van der Waals surface area contributed by atoms with E-state index >= 15 is 0 Å². The highest BCUT2D eigenvalue weighted by Crippen LogP contribution is 2.23. The Labute approximate surface area is 124 Å². The SMILES string of the molecule is Cc1c(F)cc(CO)cc1S(=O)(=O)N(C)CCS(C)(=O)=O. The Morgan fingerprint density at radius 1 is 1.24 bits per heavy atom. The van der Waals surface area contributed by atoms with Crippen LogP contribution in [0.3, 0.4) is 0 Å². The predicted octanol–water partition coefficient (Wildman–Crippen LogP) is 0.292. The summed E-state index contributed by atoms with van der Waals surface area (Å²) in [5.74, 6) is -1.07. The van der Waals surface area contributed by atoms with Crippen LogP contribution in [0.2, 0.25) is 0 Å². The first-order valence-electron chi connectivity index (χ1n) is 6.03. The molecular weight excluding hydrogens is 321 g/mol. The Balaban J connectivity index is 3.21. The number of rotatable bonds is 6. The van der Waals surface area contributed by atoms with Crippen molar-refractivity contribution in [2.75, 3.05) is 25.6 Å². The van der Waals surface area contributed by atoms with Crippen molar-refractivity contribution in [3.05, 3.63) is 29.1 Å². The molecule has 1 aromatic rings. The monoisotopic (exact) mass is 339 g/mol. The molecule has 0 atom stereocenters. The minimum Gasteiger partial charge on any atom is -0.392 e. The van der Waals surface area contributed by atoms with Crippen LogP contribution in [0.15, 0.2) is 17.0 Å². The minimum absolute atomic E-state index is 0.0709. The van der Waals surface area contributed by atoms with E-state index in [0.717, 1.165) is 16.6 Å². The van der Waals surface area contributed by atoms with Gasteiger partial charge in [-0.15, -0.1) is 0 Å². The smallest absolute Gasteiger partial charge is 0.243 e. The van der Waals surface area contributed by atoms with Crippen LogP contribution in [0.4, 0.5) is 4.39 Å². The number of halogens is 1. The summed E-state index contributed by atoms with van der Waals surface area (Å²) in [6, 6.07) is 2.25. The van der Waals surface area contributed by atoms with Gasteiger partial charge in [0, 0.05) is 25.4 Å². The molecule has 1 aromatic carbocycles. The zero-order valence-electron chi connectivity index (χ0n) is 12.0. The molecule has 0 spiro atoms. The normalized spacial score (nSPS) is 12.9. The standard InChI is InChI=1S/C12H18FNO5S2/c1-9-11(13)6-10(8-15)7-12(9)21(18,19)14(2)4-5-20(3,16)17/h6-7,15H,4-5,8H2,1-3H3. The van der Waals surface area contributed by atoms with Crippen molar-refractivity contribution in [3.8, 4) is 0 Å². The quantitative estimate of drug-likeness (QED) is 0.804. The van der Waals surface area contributed by atoms with Crippen molar-refractivity contribution < 1.29 is 26.3 Å². The molecule has 0 aliphatic heterocycles. The number of hydrogen-bond acceptors (Lipinski definition) is 5. The molecule has 0 amide bonds. The molecule has 0 saturated carbocycles. The maximum atomic E-state index is 13.7. The molecule has 120 valence electrons. The summed E-state index contributed by atoms with van der Waals surface area (Å²) in [5.41, 5.74) is 0.0617. The van der Waals surface area contributed by atoms with Crippen molar-refractivity contribution >= 4 is 19.9 Å². The van der Waals surface area contributed by atoms with Crippen molar-refractivity contribution in [2.24, 2.45) is 0 Å². The van der Waals surface area contributed by atoms with Crippen molar-refractivity contribution in [1.82, 2.24) is 4.31 Å². The molecule has 0 fully saturated rings. The Morgan fingerprint density at radius 3 is 2.29 bits per heavy atom. The van der Waals surface area contributed by atoms with Gasteiger partial charge in [0.2, 0.25) is 10.0 Å². The fourth-order valence-electron chi connectivity index (χ4n) is 1.65. The van der Waals surface area contributed by atoms with E-state index in [4.69, 9.17) is 5.11 Å². The summed E-state index contributed by atoms with van der Waals surface area (Å²) < 4.78 is 61.5. The Hall–Kier alpha value is -1.03. The summed E-state index contributed by atoms with van der Waals surface area (Å²) >= 11 is 0. The average Bonchev–Trinajstić information content (AvgIpc) is 2.37. The first-order chi connectivity index (χ1) is 9.49. The van der Waals surface area contributed by atoms with Crippen molar-refractivity contribution in [3.63, 3.8) is 0 Å². The molecule has 0 heterocycles. The summed E-state index contributed by atoms with van der Waals surface area (Å²) in [5, 5.41) is 9.04. The summed E-state index contributed by atoms with van der Waals surface area (Å²) in [4.78, 5) is -0.275. The van der Waals surface area contributed by atoms with Crippen molar-refractivity contribution in [1.29, 1.82) is 0 Å². The highest BCUT2D eigenvalue weighted by Gasteiger charge is 2.25. The maximum Gasteiger partial charge on any atom is 0.243 e. The molecule has 9 heteroatoms. The molecule has 0 aromatic heterocycles. The minimum atomic E-state index is -4.03. The fraction of sp³-hybridized carbons (Fsp3) is 0.500. The lowest BCUT2D eigenvalue weighted by atomic mass is 10.1. The van der Waals surface area contributed by atoms with E-state index in [1.165, 1.54) is 20.0 Å². The maximum absolute atomic E-state index is 13.7. The van der Waals surface area contributed by atoms with Gasteiger partial charge in [0.15, 0.2) is 0 Å². The summed E-state index contributed by atoms with van der Waals surface area (Å²) in [6.07, 6.45) is 1.00. The zero-order valence-corrected chi connectivity index (χ0v) is 13.6. The zero-order chi connectivity index (χ0) is 16.4. The highest BCUT2D eigenvalue weighted by molar-refractivity contribution is 7.91. The van der Waals surface area contributed by atoms with Crippen LogP contribution in [0.25, 0.3) is 0 Å². The second-order valence-corrected chi connectivity index (χ2v) is 9.09. The first kappa shape index (κ1) is 18.0. The molecule has 21 heavy (non-hydrogen) atoms. The third-order valence-electron chi connectivity index (χ3n) is 3.00. The molecule has 0 bridgehead atoms. The van der Waals surface area contributed by atoms with Gasteiger partial charge in [-0.3, -0.25) is 0 Å². The largest absolute Gasteiger partial charge is 0.392 e. The molecule has 0 saturated heterocycles. The number of sulfonamides is 1. The Kier molecular flexibility index (Phi) is 5.48. The second kappa shape index (κ2) is 6.39. The van der Waals surface area contributed by atoms with Crippen LogP contribution in [0.1, 0.15) is 11.1 Å². The van der Waals surface area contributed by atoms with E-state index in [2.05, 4.69) is 0 Å². The summed E-state index contributed by atoms with van der Waals surface area (Å²) in [7, 11) is -6.12. The molecule has 6 nitrogen and oxygen atoms in total. The number of sulfone groups is 1. The van der Waals surface area contributed by atoms with Gasteiger partial charge in [-0.25, -0.2) is 21.2 Å². The van der Waals surface area contributed by atoms with Gasteiger partial charge >= 0.3 is 0 Å². The van der Waals surface area contributed by atoms with E-state index in [9.17, 15) is 21.2 Å². The van der Waals surface area contributed by atoms with Gasteiger partial charge in [0.05, 0.1) is 17.3 Å². The third-order valence-corrected chi connectivity index (χ3v) is 5.91. The average molecular weight is 339 g/mol. The summed E-state index contributed by atoms with van der Waals surface area (Å²) in [6.45, 7) is 0.589. The molecule has 0 aliphatic rings. The van der Waals surface area contributed by atoms with E-state index < -0.39 is 32.3 Å². The molecular formula is C12H18FNO5S2. The van der Waals surface area contributed by atoms with Crippen LogP contribution in [-0.4, -0.2) is 51.8 Å². The molecule has 0 unspecified atom stereocenters. The van der Waals surface area contributed by atoms with Gasteiger partial charge in [0.25, 0.3) is 0 Å². The van der Waals surface area contributed by atoms with Crippen LogP contribution in [0, 0.1) is 12.7 Å². The van der Waals surface area contributed by atoms with Gasteiger partial charge in [-0.2, -0.15) is 4.31 Å². The second-order valence-electron chi connectivity index (χ2n) is 4.82. The molecule has 1 N–H and O–H groups in total. The Morgan fingerprint density at radius 2 is 1.81 bits per heavy atom. The lowest BCUT2D eigenvalue weighted by Gasteiger charge is -2.19. The van der Waals surface area contributed by atoms with Gasteiger partial charge in [-0.05, 0) is 24.6 Å². The number of aliphatic hydroxyl groups is 1. The van der Waals surface area contributed by atoms with E-state index in [1.807, 2.05) is 0 Å². The van der Waals surface area contributed by atoms with Crippen LogP contribution < -0.4 is 0 Å². The highest BCUT2D eigenvalue weighted by atomic mass is 32.2. The van der Waals surface area contributed by atoms with Gasteiger partial charge < -0.3 is 5.11 Å². The molecule has 0 aliphatic carbocycles. The lowest BCUT2D eigenvalue weighted by Crippen LogP contribution is -2.32. The first-order valence-corrected chi connectivity index (χ1v) is 9.53. The van der Waals surface area contributed by atoms with Crippen LogP contribution in [-0.2, 0) is 26.5 Å². The number of benzene rings is 1.